The van der Waals surface area contributed by atoms with E-state index in [2.05, 4.69) is 38.5 Å². The van der Waals surface area contributed by atoms with Crippen molar-refractivity contribution in [3.8, 4) is 11.8 Å². The third-order valence-electron chi connectivity index (χ3n) is 6.18. The molecule has 1 aliphatic heterocycles. The lowest BCUT2D eigenvalue weighted by Crippen LogP contribution is -2.18. The molecule has 2 aromatic carbocycles. The number of nitrogens with zero attached hydrogens (tertiary/aromatic N) is 2. The van der Waals surface area contributed by atoms with Crippen LogP contribution in [0.2, 0.25) is 0 Å². The molecule has 42 heavy (non-hydrogen) atoms. The number of amides is 2. The average molecular weight is 587 g/mol. The van der Waals surface area contributed by atoms with E-state index in [0.29, 0.717) is 63.8 Å². The summed E-state index contributed by atoms with van der Waals surface area (Å²) in [6, 6.07) is 17.3. The predicted molar refractivity (Wildman–Crippen MR) is 163 cm³/mol. The van der Waals surface area contributed by atoms with E-state index in [1.807, 2.05) is 42.5 Å². The number of rotatable bonds is 14. The first kappa shape index (κ1) is 30.9. The van der Waals surface area contributed by atoms with Gasteiger partial charge in [0.25, 0.3) is 5.91 Å². The molecule has 10 heteroatoms. The highest BCUT2D eigenvalue weighted by Crippen LogP contribution is 2.33. The van der Waals surface area contributed by atoms with Crippen LogP contribution in [-0.4, -0.2) is 69.7 Å². The quantitative estimate of drug-likeness (QED) is 0.214. The van der Waals surface area contributed by atoms with Gasteiger partial charge < -0.3 is 24.8 Å². The fourth-order valence-corrected chi connectivity index (χ4v) is 5.04. The van der Waals surface area contributed by atoms with Crippen LogP contribution < -0.4 is 10.6 Å². The first-order chi connectivity index (χ1) is 20.6. The van der Waals surface area contributed by atoms with E-state index >= 15 is 0 Å². The molecule has 0 spiro atoms. The Kier molecular flexibility index (Phi) is 12.1. The fraction of sp³-hybridized carbons (Fsp3) is 0.312. The van der Waals surface area contributed by atoms with E-state index in [1.54, 1.807) is 38.2 Å². The molecule has 0 atom stereocenters. The van der Waals surface area contributed by atoms with Gasteiger partial charge in [-0.15, -0.1) is 0 Å². The zero-order valence-corrected chi connectivity index (χ0v) is 24.6. The monoisotopic (exact) mass is 586 g/mol. The van der Waals surface area contributed by atoms with Gasteiger partial charge in [-0.3, -0.25) is 14.6 Å². The Balaban J connectivity index is 1.24. The summed E-state index contributed by atoms with van der Waals surface area (Å²) in [4.78, 5) is 35.3. The Bertz CT molecular complexity index is 1460. The first-order valence-corrected chi connectivity index (χ1v) is 14.5. The normalized spacial score (nSPS) is 11.7. The van der Waals surface area contributed by atoms with Gasteiger partial charge in [-0.25, -0.2) is 4.98 Å². The summed E-state index contributed by atoms with van der Waals surface area (Å²) in [6.07, 6.45) is 2.59. The minimum absolute atomic E-state index is 0.109. The van der Waals surface area contributed by atoms with Crippen LogP contribution in [0.25, 0.3) is 0 Å². The summed E-state index contributed by atoms with van der Waals surface area (Å²) in [6.45, 7) is 3.14. The van der Waals surface area contributed by atoms with Gasteiger partial charge in [0.05, 0.1) is 38.5 Å². The summed E-state index contributed by atoms with van der Waals surface area (Å²) >= 11 is 1.55. The van der Waals surface area contributed by atoms with Crippen LogP contribution in [0.5, 0.6) is 0 Å². The van der Waals surface area contributed by atoms with Gasteiger partial charge in [0, 0.05) is 54.3 Å². The molecule has 0 unspecified atom stereocenters. The number of ether oxygens (including phenoxy) is 3. The van der Waals surface area contributed by atoms with Crippen molar-refractivity contribution in [2.45, 2.75) is 29.2 Å². The maximum Gasteiger partial charge on any atom is 0.252 e. The van der Waals surface area contributed by atoms with Crippen molar-refractivity contribution in [1.82, 2.24) is 10.3 Å². The van der Waals surface area contributed by atoms with Crippen molar-refractivity contribution in [3.63, 3.8) is 0 Å². The summed E-state index contributed by atoms with van der Waals surface area (Å²) in [7, 11) is 3.26. The van der Waals surface area contributed by atoms with Gasteiger partial charge in [-0.05, 0) is 54.3 Å². The van der Waals surface area contributed by atoms with E-state index in [4.69, 9.17) is 14.2 Å². The maximum absolute atomic E-state index is 12.2. The molecule has 0 saturated heterocycles. The molecule has 2 heterocycles. The number of aromatic nitrogens is 1. The highest BCUT2D eigenvalue weighted by Gasteiger charge is 2.16. The number of carbonyl (C=O) groups excluding carboxylic acids is 2. The topological polar surface area (TPSA) is 111 Å². The van der Waals surface area contributed by atoms with Gasteiger partial charge in [-0.2, -0.15) is 0 Å². The highest BCUT2D eigenvalue weighted by atomic mass is 32.2. The molecule has 0 radical (unpaired) electrons. The number of aliphatic imine (C=N–C) groups is 1. The van der Waals surface area contributed by atoms with Crippen LogP contribution in [0.3, 0.4) is 0 Å². The lowest BCUT2D eigenvalue weighted by atomic mass is 10.1. The van der Waals surface area contributed by atoms with E-state index in [-0.39, 0.29) is 11.8 Å². The minimum Gasteiger partial charge on any atom is -0.382 e. The molecule has 4 rings (SSSR count). The molecular formula is C32H34N4O5S. The predicted octanol–water partition coefficient (Wildman–Crippen LogP) is 4.35. The number of hydrogen-bond donors (Lipinski definition) is 2. The Morgan fingerprint density at radius 2 is 1.79 bits per heavy atom. The van der Waals surface area contributed by atoms with E-state index in [0.717, 1.165) is 32.2 Å². The van der Waals surface area contributed by atoms with Crippen LogP contribution in [-0.2, 0) is 25.5 Å². The van der Waals surface area contributed by atoms with E-state index in [9.17, 15) is 9.59 Å². The first-order valence-electron chi connectivity index (χ1n) is 13.7. The molecule has 0 saturated carbocycles. The van der Waals surface area contributed by atoms with Crippen molar-refractivity contribution in [3.05, 3.63) is 83.0 Å². The van der Waals surface area contributed by atoms with Crippen LogP contribution in [0.4, 0.5) is 5.82 Å². The van der Waals surface area contributed by atoms with E-state index in [1.165, 1.54) is 0 Å². The number of pyridine rings is 1. The SMILES string of the molecule is CNC(=O)c1ccccc1Sc1ccc2c(c1)CN=C2C#Cc1ccc(NC(=O)CCCOCCOCCOC)nc1. The molecule has 218 valence electrons. The largest absolute Gasteiger partial charge is 0.382 e. The van der Waals surface area contributed by atoms with Crippen LogP contribution in [0, 0.1) is 11.8 Å². The van der Waals surface area contributed by atoms with Crippen LogP contribution in [0.15, 0.2) is 75.6 Å². The maximum atomic E-state index is 12.2. The third kappa shape index (κ3) is 9.26. The third-order valence-corrected chi connectivity index (χ3v) is 7.24. The van der Waals surface area contributed by atoms with Crippen molar-refractivity contribution in [2.24, 2.45) is 4.99 Å². The molecular weight excluding hydrogens is 552 g/mol. The Labute approximate surface area is 250 Å². The zero-order chi connectivity index (χ0) is 29.6. The molecule has 9 nitrogen and oxygen atoms in total. The van der Waals surface area contributed by atoms with Crippen LogP contribution >= 0.6 is 11.8 Å². The zero-order valence-electron chi connectivity index (χ0n) is 23.8. The number of nitrogens with one attached hydrogen (secondary N) is 2. The van der Waals surface area contributed by atoms with Gasteiger partial charge in [0.1, 0.15) is 11.5 Å². The summed E-state index contributed by atoms with van der Waals surface area (Å²) < 4.78 is 15.7. The van der Waals surface area contributed by atoms with Gasteiger partial charge >= 0.3 is 0 Å². The number of carbonyl (C=O) groups is 2. The standard InChI is InChI=1S/C32H34N4O5S/c1-33-32(38)27-6-3-4-7-29(27)42-25-11-12-26-24(20-25)22-34-28(26)13-9-23-10-14-30(35-21-23)36-31(37)8-5-15-40-18-19-41-17-16-39-2/h3-4,6-7,10-12,14,20-21H,5,8,15-19,22H2,1-2H3,(H,33,38)(H,35,36,37). The lowest BCUT2D eigenvalue weighted by Gasteiger charge is -2.09. The summed E-state index contributed by atoms with van der Waals surface area (Å²) in [5, 5.41) is 5.49. The van der Waals surface area contributed by atoms with E-state index < -0.39 is 0 Å². The smallest absolute Gasteiger partial charge is 0.252 e. The van der Waals surface area contributed by atoms with Gasteiger partial charge in [0.15, 0.2) is 0 Å². The second-order valence-corrected chi connectivity index (χ2v) is 10.3. The minimum atomic E-state index is -0.118. The second kappa shape index (κ2) is 16.4. The Hall–Kier alpha value is -4.01. The Morgan fingerprint density at radius 1 is 0.976 bits per heavy atom. The molecule has 3 aromatic rings. The van der Waals surface area contributed by atoms with Crippen molar-refractivity contribution in [1.29, 1.82) is 0 Å². The number of anilines is 1. The van der Waals surface area contributed by atoms with Crippen molar-refractivity contribution in [2.75, 3.05) is 52.5 Å². The molecule has 1 aromatic heterocycles. The fourth-order valence-electron chi connectivity index (χ4n) is 4.03. The molecule has 1 aliphatic rings. The summed E-state index contributed by atoms with van der Waals surface area (Å²) in [5.74, 6) is 6.53. The summed E-state index contributed by atoms with van der Waals surface area (Å²) in [5.41, 5.74) is 4.20. The average Bonchev–Trinajstić information content (AvgIpc) is 3.42. The lowest BCUT2D eigenvalue weighted by molar-refractivity contribution is -0.116. The van der Waals surface area contributed by atoms with Gasteiger partial charge in [0.2, 0.25) is 5.91 Å². The number of methoxy groups -OCH3 is 1. The Morgan fingerprint density at radius 3 is 2.57 bits per heavy atom. The van der Waals surface area contributed by atoms with Crippen molar-refractivity contribution >= 4 is 35.1 Å². The molecule has 0 fully saturated rings. The number of benzene rings is 2. The van der Waals surface area contributed by atoms with Gasteiger partial charge in [-0.1, -0.05) is 35.9 Å². The molecule has 2 amide bonds. The highest BCUT2D eigenvalue weighted by molar-refractivity contribution is 7.99. The second-order valence-electron chi connectivity index (χ2n) is 9.21. The van der Waals surface area contributed by atoms with Crippen molar-refractivity contribution < 1.29 is 23.8 Å². The molecule has 2 N–H and O–H groups in total. The van der Waals surface area contributed by atoms with Crippen LogP contribution in [0.1, 0.15) is 39.9 Å². The molecule has 0 aliphatic carbocycles. The number of hydrogen-bond acceptors (Lipinski definition) is 8. The number of fused-ring (bicyclic) bond motifs is 1. The molecule has 0 bridgehead atoms.